The molecule has 0 spiro atoms. The summed E-state index contributed by atoms with van der Waals surface area (Å²) in [5.41, 5.74) is 11.2. The van der Waals surface area contributed by atoms with E-state index in [9.17, 15) is 0 Å². The molecule has 0 atom stereocenters. The van der Waals surface area contributed by atoms with Crippen molar-refractivity contribution < 1.29 is 4.74 Å². The van der Waals surface area contributed by atoms with Gasteiger partial charge in [0.25, 0.3) is 0 Å². The standard InChI is InChI=1S/C47H32N2O/c1-5-15-34(16-6-1)42-32-43(35-17-7-2-8-18-35)49-46(48-42)36-27-25-33(26-28-36)37-29-30-41-45(31-37)50-44-24-14-13-23-40(44)47(41,38-19-9-3-10-20-38)39-21-11-4-12-22-39/h1-32H. The number of benzene rings is 7. The quantitative estimate of drug-likeness (QED) is 0.181. The van der Waals surface area contributed by atoms with Gasteiger partial charge in [0.2, 0.25) is 0 Å². The minimum Gasteiger partial charge on any atom is -0.457 e. The van der Waals surface area contributed by atoms with Crippen LogP contribution in [0, 0.1) is 0 Å². The number of nitrogens with zero attached hydrogens (tertiary/aromatic N) is 2. The highest BCUT2D eigenvalue weighted by atomic mass is 16.5. The topological polar surface area (TPSA) is 35.0 Å². The van der Waals surface area contributed by atoms with Crippen LogP contribution < -0.4 is 4.74 Å². The molecule has 0 amide bonds. The van der Waals surface area contributed by atoms with Crippen LogP contribution in [-0.4, -0.2) is 9.97 Å². The Morgan fingerprint density at radius 1 is 0.340 bits per heavy atom. The summed E-state index contributed by atoms with van der Waals surface area (Å²) in [6.07, 6.45) is 0. The second-order valence-electron chi connectivity index (χ2n) is 12.6. The van der Waals surface area contributed by atoms with Gasteiger partial charge in [-0.05, 0) is 40.5 Å². The zero-order valence-corrected chi connectivity index (χ0v) is 27.3. The Labute approximate surface area is 292 Å². The van der Waals surface area contributed by atoms with Gasteiger partial charge in [0.1, 0.15) is 11.5 Å². The van der Waals surface area contributed by atoms with Gasteiger partial charge >= 0.3 is 0 Å². The molecular formula is C47H32N2O. The average Bonchev–Trinajstić information content (AvgIpc) is 3.21. The minimum atomic E-state index is -0.535. The molecule has 1 aliphatic rings. The third-order valence-corrected chi connectivity index (χ3v) is 9.65. The molecule has 1 aromatic heterocycles. The largest absolute Gasteiger partial charge is 0.457 e. The molecule has 7 aromatic carbocycles. The highest BCUT2D eigenvalue weighted by molar-refractivity contribution is 5.76. The lowest BCUT2D eigenvalue weighted by atomic mass is 9.63. The fourth-order valence-corrected chi connectivity index (χ4v) is 7.29. The van der Waals surface area contributed by atoms with Crippen LogP contribution in [0.15, 0.2) is 194 Å². The molecule has 0 saturated heterocycles. The Hall–Kier alpha value is -6.58. The number of hydrogen-bond acceptors (Lipinski definition) is 3. The van der Waals surface area contributed by atoms with Crippen LogP contribution in [0.4, 0.5) is 0 Å². The van der Waals surface area contributed by atoms with Crippen molar-refractivity contribution >= 4 is 0 Å². The number of hydrogen-bond donors (Lipinski definition) is 0. The Bertz CT molecular complexity index is 2330. The van der Waals surface area contributed by atoms with Gasteiger partial charge in [-0.15, -0.1) is 0 Å². The molecule has 0 radical (unpaired) electrons. The van der Waals surface area contributed by atoms with Crippen molar-refractivity contribution in [3.8, 4) is 56.5 Å². The molecule has 0 unspecified atom stereocenters. The monoisotopic (exact) mass is 640 g/mol. The van der Waals surface area contributed by atoms with Gasteiger partial charge in [0.05, 0.1) is 16.8 Å². The Balaban J connectivity index is 1.14. The van der Waals surface area contributed by atoms with E-state index in [-0.39, 0.29) is 0 Å². The van der Waals surface area contributed by atoms with Gasteiger partial charge < -0.3 is 4.74 Å². The molecule has 1 aliphatic heterocycles. The van der Waals surface area contributed by atoms with Crippen LogP contribution in [0.1, 0.15) is 22.3 Å². The summed E-state index contributed by atoms with van der Waals surface area (Å²) in [5.74, 6) is 2.41. The normalized spacial score (nSPS) is 12.7. The van der Waals surface area contributed by atoms with E-state index in [1.165, 1.54) is 11.1 Å². The predicted molar refractivity (Wildman–Crippen MR) is 202 cm³/mol. The second kappa shape index (κ2) is 12.5. The fourth-order valence-electron chi connectivity index (χ4n) is 7.29. The minimum absolute atomic E-state index is 0.535. The zero-order chi connectivity index (χ0) is 33.3. The lowest BCUT2D eigenvalue weighted by molar-refractivity contribution is 0.435. The van der Waals surface area contributed by atoms with Crippen LogP contribution in [0.2, 0.25) is 0 Å². The van der Waals surface area contributed by atoms with Gasteiger partial charge in [0, 0.05) is 27.8 Å². The van der Waals surface area contributed by atoms with Crippen molar-refractivity contribution in [2.24, 2.45) is 0 Å². The highest BCUT2D eigenvalue weighted by Crippen LogP contribution is 2.55. The number of rotatable bonds is 6. The average molecular weight is 641 g/mol. The maximum Gasteiger partial charge on any atom is 0.160 e. The summed E-state index contributed by atoms with van der Waals surface area (Å²) in [7, 11) is 0. The first-order valence-corrected chi connectivity index (χ1v) is 16.9. The summed E-state index contributed by atoms with van der Waals surface area (Å²) in [5, 5.41) is 0. The summed E-state index contributed by atoms with van der Waals surface area (Å²) < 4.78 is 6.72. The summed E-state index contributed by atoms with van der Waals surface area (Å²) >= 11 is 0. The fraction of sp³-hybridized carbons (Fsp3) is 0.0213. The van der Waals surface area contributed by atoms with Crippen molar-refractivity contribution in [3.63, 3.8) is 0 Å². The Morgan fingerprint density at radius 2 is 0.800 bits per heavy atom. The van der Waals surface area contributed by atoms with Gasteiger partial charge in [-0.1, -0.05) is 176 Å². The SMILES string of the molecule is c1ccc(-c2cc(-c3ccccc3)nc(-c3ccc(-c4ccc5c(c4)Oc4ccccc4C5(c4ccccc4)c4ccccc4)cc3)n2)cc1. The van der Waals surface area contributed by atoms with Gasteiger partial charge in [-0.2, -0.15) is 0 Å². The Morgan fingerprint density at radius 3 is 1.38 bits per heavy atom. The third kappa shape index (κ3) is 5.08. The van der Waals surface area contributed by atoms with Crippen LogP contribution >= 0.6 is 0 Å². The second-order valence-corrected chi connectivity index (χ2v) is 12.6. The summed E-state index contributed by atoms with van der Waals surface area (Å²) in [6, 6.07) is 67.8. The summed E-state index contributed by atoms with van der Waals surface area (Å²) in [4.78, 5) is 10.0. The number of para-hydroxylation sites is 1. The molecule has 0 fully saturated rings. The molecule has 50 heavy (non-hydrogen) atoms. The first kappa shape index (κ1) is 29.6. The van der Waals surface area contributed by atoms with Crippen LogP contribution in [-0.2, 0) is 5.41 Å². The van der Waals surface area contributed by atoms with E-state index in [0.717, 1.165) is 61.8 Å². The molecule has 3 nitrogen and oxygen atoms in total. The van der Waals surface area contributed by atoms with Crippen LogP contribution in [0.5, 0.6) is 11.5 Å². The van der Waals surface area contributed by atoms with E-state index >= 15 is 0 Å². The van der Waals surface area contributed by atoms with Crippen molar-refractivity contribution in [1.29, 1.82) is 0 Å². The predicted octanol–water partition coefficient (Wildman–Crippen LogP) is 11.6. The summed E-state index contributed by atoms with van der Waals surface area (Å²) in [6.45, 7) is 0. The number of aromatic nitrogens is 2. The molecule has 9 rings (SSSR count). The van der Waals surface area contributed by atoms with E-state index in [2.05, 4.69) is 152 Å². The van der Waals surface area contributed by atoms with Crippen LogP contribution in [0.25, 0.3) is 45.0 Å². The van der Waals surface area contributed by atoms with E-state index in [4.69, 9.17) is 14.7 Å². The first-order valence-electron chi connectivity index (χ1n) is 16.9. The molecule has 0 saturated carbocycles. The van der Waals surface area contributed by atoms with E-state index in [1.54, 1.807) is 0 Å². The molecule has 0 bridgehead atoms. The van der Waals surface area contributed by atoms with Crippen molar-refractivity contribution in [3.05, 3.63) is 216 Å². The zero-order valence-electron chi connectivity index (χ0n) is 27.3. The Kier molecular flexibility index (Phi) is 7.37. The molecular weight excluding hydrogens is 609 g/mol. The smallest absolute Gasteiger partial charge is 0.160 e. The first-order chi connectivity index (χ1) is 24.8. The van der Waals surface area contributed by atoms with E-state index in [0.29, 0.717) is 5.82 Å². The van der Waals surface area contributed by atoms with Gasteiger partial charge in [-0.25, -0.2) is 9.97 Å². The lowest BCUT2D eigenvalue weighted by Gasteiger charge is -2.41. The molecule has 3 heteroatoms. The maximum atomic E-state index is 6.72. The van der Waals surface area contributed by atoms with Crippen molar-refractivity contribution in [2.45, 2.75) is 5.41 Å². The lowest BCUT2D eigenvalue weighted by Crippen LogP contribution is -2.34. The maximum absolute atomic E-state index is 6.72. The molecule has 0 N–H and O–H groups in total. The molecule has 0 aliphatic carbocycles. The number of fused-ring (bicyclic) bond motifs is 2. The number of ether oxygens (including phenoxy) is 1. The van der Waals surface area contributed by atoms with Crippen LogP contribution in [0.3, 0.4) is 0 Å². The van der Waals surface area contributed by atoms with Crippen molar-refractivity contribution in [1.82, 2.24) is 9.97 Å². The highest BCUT2D eigenvalue weighted by Gasteiger charge is 2.45. The molecule has 236 valence electrons. The molecule has 8 aromatic rings. The van der Waals surface area contributed by atoms with Gasteiger partial charge in [0.15, 0.2) is 5.82 Å². The molecule has 2 heterocycles. The van der Waals surface area contributed by atoms with Gasteiger partial charge in [-0.3, -0.25) is 0 Å². The van der Waals surface area contributed by atoms with Crippen molar-refractivity contribution in [2.75, 3.05) is 0 Å². The third-order valence-electron chi connectivity index (χ3n) is 9.65. The van der Waals surface area contributed by atoms with E-state index < -0.39 is 5.41 Å². The van der Waals surface area contributed by atoms with E-state index in [1.807, 2.05) is 42.5 Å².